The minimum Gasteiger partial charge on any atom is -0.345 e. The fourth-order valence-electron chi connectivity index (χ4n) is 3.58. The standard InChI is InChI=1S/C22H40N4O4/c1-12(2)16(23)21(30)26-11-9-10-15(26)19(28)25-17(13(3)4)20(29)24-14(5)18(27)22(6,7)8/h12-17H,9-11,23H2,1-8H3,(H,24,29)(H,25,28). The molecule has 8 heteroatoms. The van der Waals surface area contributed by atoms with Crippen LogP contribution in [0.5, 0.6) is 0 Å². The average Bonchev–Trinajstić information content (AvgIpc) is 3.12. The number of nitrogens with one attached hydrogen (secondary N) is 2. The zero-order valence-electron chi connectivity index (χ0n) is 19.7. The Kier molecular flexibility index (Phi) is 9.02. The van der Waals surface area contributed by atoms with Gasteiger partial charge in [0.25, 0.3) is 0 Å². The van der Waals surface area contributed by atoms with Crippen LogP contribution in [0, 0.1) is 17.3 Å². The number of nitrogens with two attached hydrogens (primary N) is 1. The molecule has 0 bridgehead atoms. The quantitative estimate of drug-likeness (QED) is 0.541. The Morgan fingerprint density at radius 1 is 0.967 bits per heavy atom. The molecule has 3 amide bonds. The maximum atomic E-state index is 13.0. The number of carbonyl (C=O) groups excluding carboxylic acids is 4. The Hall–Kier alpha value is -1.96. The molecule has 1 saturated heterocycles. The van der Waals surface area contributed by atoms with Gasteiger partial charge < -0.3 is 21.3 Å². The second-order valence-corrected chi connectivity index (χ2v) is 10.0. The van der Waals surface area contributed by atoms with Crippen LogP contribution in [0.3, 0.4) is 0 Å². The first-order chi connectivity index (χ1) is 13.7. The summed E-state index contributed by atoms with van der Waals surface area (Å²) in [5, 5.41) is 5.52. The maximum Gasteiger partial charge on any atom is 0.243 e. The first-order valence-corrected chi connectivity index (χ1v) is 10.9. The normalized spacial score (nSPS) is 20.1. The molecule has 0 aliphatic carbocycles. The molecule has 4 N–H and O–H groups in total. The second-order valence-electron chi connectivity index (χ2n) is 10.0. The van der Waals surface area contributed by atoms with Crippen molar-refractivity contribution in [2.45, 2.75) is 92.4 Å². The minimum absolute atomic E-state index is 0.0298. The van der Waals surface area contributed by atoms with Crippen LogP contribution in [0.15, 0.2) is 0 Å². The number of ketones is 1. The van der Waals surface area contributed by atoms with Gasteiger partial charge in [0, 0.05) is 12.0 Å². The second kappa shape index (κ2) is 10.4. The molecular weight excluding hydrogens is 384 g/mol. The van der Waals surface area contributed by atoms with Crippen molar-refractivity contribution >= 4 is 23.5 Å². The molecule has 4 unspecified atom stereocenters. The highest BCUT2D eigenvalue weighted by Gasteiger charge is 2.39. The van der Waals surface area contributed by atoms with Crippen LogP contribution in [0.4, 0.5) is 0 Å². The summed E-state index contributed by atoms with van der Waals surface area (Å²) in [5.74, 6) is -1.30. The van der Waals surface area contributed by atoms with E-state index in [4.69, 9.17) is 5.73 Å². The van der Waals surface area contributed by atoms with Gasteiger partial charge in [-0.25, -0.2) is 0 Å². The van der Waals surface area contributed by atoms with Crippen molar-refractivity contribution in [2.24, 2.45) is 23.0 Å². The third-order valence-electron chi connectivity index (χ3n) is 5.58. The van der Waals surface area contributed by atoms with Crippen LogP contribution in [0.1, 0.15) is 68.2 Å². The van der Waals surface area contributed by atoms with Crippen LogP contribution in [0.25, 0.3) is 0 Å². The summed E-state index contributed by atoms with van der Waals surface area (Å²) in [6, 6.07) is -2.76. The molecule has 1 aliphatic rings. The molecule has 0 aromatic rings. The fourth-order valence-corrected chi connectivity index (χ4v) is 3.58. The summed E-state index contributed by atoms with van der Waals surface area (Å²) in [6.07, 6.45) is 1.25. The Bertz CT molecular complexity index is 654. The monoisotopic (exact) mass is 424 g/mol. The Morgan fingerprint density at radius 2 is 1.53 bits per heavy atom. The van der Waals surface area contributed by atoms with Gasteiger partial charge in [0.2, 0.25) is 17.7 Å². The lowest BCUT2D eigenvalue weighted by molar-refractivity contribution is -0.141. The molecule has 1 heterocycles. The van der Waals surface area contributed by atoms with E-state index in [1.165, 1.54) is 4.90 Å². The Labute approximate surface area is 180 Å². The maximum absolute atomic E-state index is 13.0. The van der Waals surface area contributed by atoms with Crippen molar-refractivity contribution in [2.75, 3.05) is 6.54 Å². The SMILES string of the molecule is CC(NC(=O)C(NC(=O)C1CCCN1C(=O)C(N)C(C)C)C(C)C)C(=O)C(C)(C)C. The predicted molar refractivity (Wildman–Crippen MR) is 116 cm³/mol. The molecule has 1 fully saturated rings. The first kappa shape index (κ1) is 26.1. The summed E-state index contributed by atoms with van der Waals surface area (Å²) in [4.78, 5) is 52.4. The molecular formula is C22H40N4O4. The number of Topliss-reactive ketones (excluding diaryl/α,β-unsaturated/α-hetero) is 1. The van der Waals surface area contributed by atoms with E-state index in [1.807, 2.05) is 27.7 Å². The molecule has 8 nitrogen and oxygen atoms in total. The van der Waals surface area contributed by atoms with E-state index < -0.39 is 35.5 Å². The third kappa shape index (κ3) is 6.52. The zero-order chi connectivity index (χ0) is 23.4. The predicted octanol–water partition coefficient (Wildman–Crippen LogP) is 1.22. The van der Waals surface area contributed by atoms with E-state index in [-0.39, 0.29) is 29.4 Å². The lowest BCUT2D eigenvalue weighted by Gasteiger charge is -2.31. The van der Waals surface area contributed by atoms with Gasteiger partial charge in [0.1, 0.15) is 12.1 Å². The zero-order valence-corrected chi connectivity index (χ0v) is 19.7. The Morgan fingerprint density at radius 3 is 2.00 bits per heavy atom. The molecule has 172 valence electrons. The summed E-state index contributed by atoms with van der Waals surface area (Å²) < 4.78 is 0. The van der Waals surface area contributed by atoms with Gasteiger partial charge in [-0.2, -0.15) is 0 Å². The lowest BCUT2D eigenvalue weighted by Crippen LogP contribution is -2.58. The van der Waals surface area contributed by atoms with Crippen LogP contribution in [-0.4, -0.2) is 59.1 Å². The summed E-state index contributed by atoms with van der Waals surface area (Å²) >= 11 is 0. The number of hydrogen-bond donors (Lipinski definition) is 3. The van der Waals surface area contributed by atoms with Crippen molar-refractivity contribution in [3.8, 4) is 0 Å². The summed E-state index contributed by atoms with van der Waals surface area (Å²) in [6.45, 7) is 14.9. The number of hydrogen-bond acceptors (Lipinski definition) is 5. The molecule has 4 atom stereocenters. The minimum atomic E-state index is -0.802. The highest BCUT2D eigenvalue weighted by Crippen LogP contribution is 2.21. The van der Waals surface area contributed by atoms with Crippen LogP contribution >= 0.6 is 0 Å². The molecule has 0 spiro atoms. The van der Waals surface area contributed by atoms with Crippen molar-refractivity contribution in [3.63, 3.8) is 0 Å². The number of likely N-dealkylation sites (tertiary alicyclic amines) is 1. The number of nitrogens with zero attached hydrogens (tertiary/aromatic N) is 1. The lowest BCUT2D eigenvalue weighted by atomic mass is 9.87. The summed E-state index contributed by atoms with van der Waals surface area (Å²) in [7, 11) is 0. The van der Waals surface area contributed by atoms with Crippen molar-refractivity contribution in [3.05, 3.63) is 0 Å². The van der Waals surface area contributed by atoms with Crippen LogP contribution < -0.4 is 16.4 Å². The molecule has 1 aliphatic heterocycles. The number of rotatable bonds is 8. The van der Waals surface area contributed by atoms with Crippen LogP contribution in [-0.2, 0) is 19.2 Å². The third-order valence-corrected chi connectivity index (χ3v) is 5.58. The topological polar surface area (TPSA) is 122 Å². The van der Waals surface area contributed by atoms with E-state index in [2.05, 4.69) is 10.6 Å². The first-order valence-electron chi connectivity index (χ1n) is 10.9. The number of carbonyl (C=O) groups is 4. The van der Waals surface area contributed by atoms with Gasteiger partial charge >= 0.3 is 0 Å². The van der Waals surface area contributed by atoms with Gasteiger partial charge in [-0.3, -0.25) is 19.2 Å². The largest absolute Gasteiger partial charge is 0.345 e. The van der Waals surface area contributed by atoms with Gasteiger partial charge in [0.05, 0.1) is 12.1 Å². The van der Waals surface area contributed by atoms with Crippen LogP contribution in [0.2, 0.25) is 0 Å². The van der Waals surface area contributed by atoms with Gasteiger partial charge in [0.15, 0.2) is 5.78 Å². The smallest absolute Gasteiger partial charge is 0.243 e. The van der Waals surface area contributed by atoms with Crippen molar-refractivity contribution < 1.29 is 19.2 Å². The molecule has 1 rings (SSSR count). The van der Waals surface area contributed by atoms with Crippen molar-refractivity contribution in [1.82, 2.24) is 15.5 Å². The van der Waals surface area contributed by atoms with Crippen molar-refractivity contribution in [1.29, 1.82) is 0 Å². The van der Waals surface area contributed by atoms with E-state index >= 15 is 0 Å². The van der Waals surface area contributed by atoms with E-state index in [0.29, 0.717) is 19.4 Å². The Balaban J connectivity index is 2.87. The van der Waals surface area contributed by atoms with E-state index in [1.54, 1.807) is 27.7 Å². The molecule has 0 aromatic heterocycles. The summed E-state index contributed by atoms with van der Waals surface area (Å²) in [5.41, 5.74) is 5.42. The van der Waals surface area contributed by atoms with E-state index in [9.17, 15) is 19.2 Å². The highest BCUT2D eigenvalue weighted by molar-refractivity contribution is 5.96. The highest BCUT2D eigenvalue weighted by atomic mass is 16.2. The molecule has 30 heavy (non-hydrogen) atoms. The van der Waals surface area contributed by atoms with Gasteiger partial charge in [-0.05, 0) is 31.6 Å². The van der Waals surface area contributed by atoms with Gasteiger partial charge in [-0.1, -0.05) is 48.5 Å². The molecule has 0 saturated carbocycles. The van der Waals surface area contributed by atoms with Gasteiger partial charge in [-0.15, -0.1) is 0 Å². The molecule has 0 radical (unpaired) electrons. The molecule has 0 aromatic carbocycles. The average molecular weight is 425 g/mol. The van der Waals surface area contributed by atoms with E-state index in [0.717, 1.165) is 0 Å². The number of amides is 3. The fraction of sp³-hybridized carbons (Fsp3) is 0.818.